The van der Waals surface area contributed by atoms with Crippen molar-refractivity contribution in [3.63, 3.8) is 0 Å². The Morgan fingerprint density at radius 1 is 1.11 bits per heavy atom. The summed E-state index contributed by atoms with van der Waals surface area (Å²) in [5, 5.41) is 0. The van der Waals surface area contributed by atoms with Gasteiger partial charge < -0.3 is 9.64 Å². The number of nitrogens with zero attached hydrogens (tertiary/aromatic N) is 3. The van der Waals surface area contributed by atoms with E-state index in [0.717, 1.165) is 44.6 Å². The number of amides is 1. The minimum Gasteiger partial charge on any atom is -0.364 e. The van der Waals surface area contributed by atoms with Crippen molar-refractivity contribution in [2.24, 2.45) is 0 Å². The molecule has 0 bridgehead atoms. The maximum absolute atomic E-state index is 13.4. The average molecular weight is 506 g/mol. The van der Waals surface area contributed by atoms with Gasteiger partial charge in [-0.15, -0.1) is 0 Å². The van der Waals surface area contributed by atoms with Gasteiger partial charge in [0.25, 0.3) is 5.91 Å². The third kappa shape index (κ3) is 5.13. The van der Waals surface area contributed by atoms with Crippen LogP contribution in [-0.2, 0) is 28.7 Å². The maximum Gasteiger partial charge on any atom is 0.417 e. The van der Waals surface area contributed by atoms with Gasteiger partial charge in [0.2, 0.25) is 0 Å². The average Bonchev–Trinajstić information content (AvgIpc) is 2.88. The van der Waals surface area contributed by atoms with E-state index in [-0.39, 0.29) is 24.3 Å². The first-order valence-electron chi connectivity index (χ1n) is 12.6. The van der Waals surface area contributed by atoms with Gasteiger partial charge in [-0.2, -0.15) is 13.2 Å². The first-order chi connectivity index (χ1) is 17.1. The molecule has 2 aromatic rings. The predicted molar refractivity (Wildman–Crippen MR) is 126 cm³/mol. The van der Waals surface area contributed by atoms with Crippen LogP contribution < -0.4 is 0 Å². The van der Waals surface area contributed by atoms with Crippen molar-refractivity contribution in [1.82, 2.24) is 14.8 Å². The van der Waals surface area contributed by atoms with E-state index in [1.54, 1.807) is 11.8 Å². The molecule has 1 aromatic heterocycles. The fourth-order valence-electron chi connectivity index (χ4n) is 5.76. The molecule has 2 fully saturated rings. The van der Waals surface area contributed by atoms with Gasteiger partial charge in [0.1, 0.15) is 11.4 Å². The summed E-state index contributed by atoms with van der Waals surface area (Å²) in [5.74, 6) is 0.0381. The number of hydrogen-bond donors (Lipinski definition) is 0. The van der Waals surface area contributed by atoms with Crippen LogP contribution in [0.4, 0.5) is 17.6 Å². The summed E-state index contributed by atoms with van der Waals surface area (Å²) >= 11 is 0. The van der Waals surface area contributed by atoms with Gasteiger partial charge in [0.05, 0.1) is 12.2 Å². The second-order valence-corrected chi connectivity index (χ2v) is 10.4. The Kier molecular flexibility index (Phi) is 6.80. The zero-order valence-electron chi connectivity index (χ0n) is 20.4. The monoisotopic (exact) mass is 505 g/mol. The summed E-state index contributed by atoms with van der Waals surface area (Å²) in [5.41, 5.74) is 0.475. The van der Waals surface area contributed by atoms with Crippen molar-refractivity contribution in [1.29, 1.82) is 0 Å². The van der Waals surface area contributed by atoms with Gasteiger partial charge in [-0.1, -0.05) is 12.1 Å². The normalized spacial score (nSPS) is 26.0. The molecule has 0 aliphatic carbocycles. The number of benzene rings is 1. The van der Waals surface area contributed by atoms with Crippen LogP contribution in [0.25, 0.3) is 0 Å². The highest BCUT2D eigenvalue weighted by Gasteiger charge is 2.44. The van der Waals surface area contributed by atoms with Gasteiger partial charge in [-0.3, -0.25) is 14.7 Å². The summed E-state index contributed by atoms with van der Waals surface area (Å²) in [7, 11) is 0. The molecule has 2 atom stereocenters. The Hall–Kier alpha value is -2.52. The molecular formula is C27H31F4N3O2. The smallest absolute Gasteiger partial charge is 0.364 e. The van der Waals surface area contributed by atoms with Crippen molar-refractivity contribution in [3.8, 4) is 0 Å². The zero-order chi connectivity index (χ0) is 25.5. The SMILES string of the molecule is C[C@]1(C(=O)N2CCc3ncc(C(F)(F)F)cc3C2)CC[C@@H](N2CCC(c3ccc(F)cc3)CC2)CO1. The largest absolute Gasteiger partial charge is 0.417 e. The number of carbonyl (C=O) groups excluding carboxylic acids is 1. The van der Waals surface area contributed by atoms with Gasteiger partial charge >= 0.3 is 6.18 Å². The quantitative estimate of drug-likeness (QED) is 0.555. The van der Waals surface area contributed by atoms with Crippen molar-refractivity contribution < 1.29 is 27.1 Å². The lowest BCUT2D eigenvalue weighted by Gasteiger charge is -2.45. The first kappa shape index (κ1) is 25.1. The molecule has 0 unspecified atom stereocenters. The molecule has 0 spiro atoms. The van der Waals surface area contributed by atoms with Crippen LogP contribution >= 0.6 is 0 Å². The van der Waals surface area contributed by atoms with Gasteiger partial charge in [0.15, 0.2) is 0 Å². The number of aromatic nitrogens is 1. The van der Waals surface area contributed by atoms with Gasteiger partial charge in [0, 0.05) is 37.4 Å². The fourth-order valence-corrected chi connectivity index (χ4v) is 5.76. The molecule has 1 aromatic carbocycles. The molecule has 5 nitrogen and oxygen atoms in total. The number of rotatable bonds is 3. The highest BCUT2D eigenvalue weighted by atomic mass is 19.4. The van der Waals surface area contributed by atoms with E-state index in [9.17, 15) is 22.4 Å². The molecule has 0 saturated carbocycles. The van der Waals surface area contributed by atoms with Gasteiger partial charge in [-0.05, 0) is 80.9 Å². The van der Waals surface area contributed by atoms with E-state index >= 15 is 0 Å². The number of piperidine rings is 1. The minimum absolute atomic E-state index is 0.115. The second-order valence-electron chi connectivity index (χ2n) is 10.4. The number of likely N-dealkylation sites (tertiary alicyclic amines) is 1. The summed E-state index contributed by atoms with van der Waals surface area (Å²) < 4.78 is 58.8. The van der Waals surface area contributed by atoms with E-state index in [0.29, 0.717) is 43.2 Å². The number of fused-ring (bicyclic) bond motifs is 1. The molecule has 3 aliphatic heterocycles. The Bertz CT molecular complexity index is 1090. The van der Waals surface area contributed by atoms with Crippen molar-refractivity contribution >= 4 is 5.91 Å². The lowest BCUT2D eigenvalue weighted by atomic mass is 9.87. The molecule has 3 aliphatic rings. The fraction of sp³-hybridized carbons (Fsp3) is 0.556. The van der Waals surface area contributed by atoms with Crippen LogP contribution in [0.5, 0.6) is 0 Å². The topological polar surface area (TPSA) is 45.7 Å². The number of carbonyl (C=O) groups is 1. The minimum atomic E-state index is -4.46. The number of pyridine rings is 1. The highest BCUT2D eigenvalue weighted by molar-refractivity contribution is 5.85. The Morgan fingerprint density at radius 3 is 2.47 bits per heavy atom. The summed E-state index contributed by atoms with van der Waals surface area (Å²) in [6.07, 6.45) is 0.228. The van der Waals surface area contributed by atoms with Crippen LogP contribution in [-0.4, -0.2) is 58.6 Å². The molecule has 5 rings (SSSR count). The molecule has 0 radical (unpaired) electrons. The van der Waals surface area contributed by atoms with E-state index in [4.69, 9.17) is 4.74 Å². The molecular weight excluding hydrogens is 474 g/mol. The highest BCUT2D eigenvalue weighted by Crippen LogP contribution is 2.35. The first-order valence-corrected chi connectivity index (χ1v) is 12.6. The molecule has 194 valence electrons. The second kappa shape index (κ2) is 9.74. The van der Waals surface area contributed by atoms with Gasteiger partial charge in [-0.25, -0.2) is 4.39 Å². The van der Waals surface area contributed by atoms with Crippen LogP contribution in [0.15, 0.2) is 36.5 Å². The van der Waals surface area contributed by atoms with Crippen molar-refractivity contribution in [3.05, 3.63) is 64.7 Å². The number of alkyl halides is 3. The van der Waals surface area contributed by atoms with E-state index in [1.165, 1.54) is 17.7 Å². The van der Waals surface area contributed by atoms with Crippen molar-refractivity contribution in [2.75, 3.05) is 26.2 Å². The Morgan fingerprint density at radius 2 is 1.83 bits per heavy atom. The van der Waals surface area contributed by atoms with Crippen LogP contribution in [0.3, 0.4) is 0 Å². The standard InChI is InChI=1S/C27H31F4N3O2/c1-26(25(35)34-13-9-24-20(16-34)14-21(15-32-24)27(29,30)31)10-6-23(17-36-26)33-11-7-19(8-12-33)18-2-4-22(28)5-3-18/h2-5,14-15,19,23H,6-13,16-17H2,1H3/t23-,26-/m1/s1. The lowest BCUT2D eigenvalue weighted by molar-refractivity contribution is -0.168. The predicted octanol–water partition coefficient (Wildman–Crippen LogP) is 4.94. The van der Waals surface area contributed by atoms with E-state index in [1.807, 2.05) is 12.1 Å². The molecule has 2 saturated heterocycles. The summed E-state index contributed by atoms with van der Waals surface area (Å²) in [6.45, 7) is 4.64. The van der Waals surface area contributed by atoms with Crippen LogP contribution in [0.2, 0.25) is 0 Å². The van der Waals surface area contributed by atoms with Crippen LogP contribution in [0.1, 0.15) is 60.9 Å². The number of ether oxygens (including phenoxy) is 1. The number of hydrogen-bond acceptors (Lipinski definition) is 4. The molecule has 36 heavy (non-hydrogen) atoms. The summed E-state index contributed by atoms with van der Waals surface area (Å²) in [6, 6.07) is 8.12. The molecule has 9 heteroatoms. The summed E-state index contributed by atoms with van der Waals surface area (Å²) in [4.78, 5) is 21.4. The Labute approximate surface area is 208 Å². The third-order valence-electron chi connectivity index (χ3n) is 8.04. The van der Waals surface area contributed by atoms with E-state index in [2.05, 4.69) is 9.88 Å². The van der Waals surface area contributed by atoms with Crippen LogP contribution in [0, 0.1) is 5.82 Å². The lowest BCUT2D eigenvalue weighted by Crippen LogP contribution is -2.56. The zero-order valence-corrected chi connectivity index (χ0v) is 20.4. The Balaban J connectivity index is 1.16. The third-order valence-corrected chi connectivity index (χ3v) is 8.04. The molecule has 1 amide bonds. The molecule has 0 N–H and O–H groups in total. The maximum atomic E-state index is 13.4. The van der Waals surface area contributed by atoms with Crippen molar-refractivity contribution in [2.45, 2.75) is 69.3 Å². The molecule has 4 heterocycles. The number of halogens is 4. The van der Waals surface area contributed by atoms with E-state index < -0.39 is 17.3 Å².